The van der Waals surface area contributed by atoms with E-state index in [1.807, 2.05) is 42.5 Å². The van der Waals surface area contributed by atoms with Crippen LogP contribution in [-0.2, 0) is 4.79 Å². The molecule has 0 unspecified atom stereocenters. The number of benzene rings is 2. The molecule has 29 heavy (non-hydrogen) atoms. The van der Waals surface area contributed by atoms with Crippen molar-refractivity contribution in [3.8, 4) is 17.6 Å². The second-order valence-electron chi connectivity index (χ2n) is 7.03. The number of rotatable bonds is 7. The number of piperazine rings is 1. The normalized spacial score (nSPS) is 14.3. The van der Waals surface area contributed by atoms with Crippen LogP contribution in [0.2, 0.25) is 0 Å². The van der Waals surface area contributed by atoms with Crippen LogP contribution in [0.3, 0.4) is 0 Å². The molecular formula is C22H27N4O3+. The van der Waals surface area contributed by atoms with E-state index in [0.717, 1.165) is 31.9 Å². The minimum Gasteiger partial charge on any atom is -0.506 e. The zero-order valence-corrected chi connectivity index (χ0v) is 16.7. The third-order valence-electron chi connectivity index (χ3n) is 5.22. The summed E-state index contributed by atoms with van der Waals surface area (Å²) in [5, 5.41) is 19.1. The van der Waals surface area contributed by atoms with E-state index in [-0.39, 0.29) is 18.1 Å². The van der Waals surface area contributed by atoms with Gasteiger partial charge < -0.3 is 24.5 Å². The van der Waals surface area contributed by atoms with Gasteiger partial charge in [0, 0.05) is 6.54 Å². The third-order valence-corrected chi connectivity index (χ3v) is 5.22. The van der Waals surface area contributed by atoms with Crippen LogP contribution >= 0.6 is 0 Å². The molecule has 2 aromatic rings. The first-order chi connectivity index (χ1) is 14.1. The minimum atomic E-state index is -0.0178. The maximum Gasteiger partial charge on any atom is 0.282 e. The average Bonchev–Trinajstić information content (AvgIpc) is 2.75. The van der Waals surface area contributed by atoms with Gasteiger partial charge in [-0.25, -0.2) is 0 Å². The highest BCUT2D eigenvalue weighted by Gasteiger charge is 2.27. The Balaban J connectivity index is 1.65. The quantitative estimate of drug-likeness (QED) is 0.733. The highest BCUT2D eigenvalue weighted by molar-refractivity contribution is 5.95. The molecule has 1 fully saturated rings. The highest BCUT2D eigenvalue weighted by atomic mass is 16.5. The van der Waals surface area contributed by atoms with Gasteiger partial charge in [-0.15, -0.1) is 0 Å². The fourth-order valence-electron chi connectivity index (χ4n) is 3.68. The molecule has 0 atom stereocenters. The summed E-state index contributed by atoms with van der Waals surface area (Å²) in [6.07, 6.45) is 0.264. The predicted molar refractivity (Wildman–Crippen MR) is 111 cm³/mol. The van der Waals surface area contributed by atoms with Crippen molar-refractivity contribution in [1.29, 1.82) is 5.26 Å². The molecule has 0 spiro atoms. The molecule has 152 valence electrons. The molecule has 7 heteroatoms. The van der Waals surface area contributed by atoms with E-state index >= 15 is 0 Å². The van der Waals surface area contributed by atoms with Crippen LogP contribution in [0.4, 0.5) is 11.4 Å². The number of hydrogen-bond acceptors (Lipinski definition) is 5. The Morgan fingerprint density at radius 3 is 2.59 bits per heavy atom. The van der Waals surface area contributed by atoms with Crippen molar-refractivity contribution in [3.05, 3.63) is 48.5 Å². The Hall–Kier alpha value is -3.24. The van der Waals surface area contributed by atoms with E-state index in [4.69, 9.17) is 10.00 Å². The van der Waals surface area contributed by atoms with Gasteiger partial charge in [-0.3, -0.25) is 4.79 Å². The van der Waals surface area contributed by atoms with Crippen LogP contribution in [-0.4, -0.2) is 57.4 Å². The molecule has 0 radical (unpaired) electrons. The molecule has 7 nitrogen and oxygen atoms in total. The van der Waals surface area contributed by atoms with Gasteiger partial charge in [0.1, 0.15) is 11.5 Å². The topological polar surface area (TPSA) is 81.2 Å². The lowest BCUT2D eigenvalue weighted by molar-refractivity contribution is -0.892. The summed E-state index contributed by atoms with van der Waals surface area (Å²) < 4.78 is 5.41. The van der Waals surface area contributed by atoms with Crippen LogP contribution in [0.5, 0.6) is 11.5 Å². The lowest BCUT2D eigenvalue weighted by atomic mass is 10.2. The number of nitrogens with one attached hydrogen (secondary N) is 1. The second-order valence-corrected chi connectivity index (χ2v) is 7.03. The molecule has 1 aliphatic rings. The fraction of sp³-hybridized carbons (Fsp3) is 0.364. The van der Waals surface area contributed by atoms with Gasteiger partial charge in [0.25, 0.3) is 5.91 Å². The first-order valence-electron chi connectivity index (χ1n) is 9.81. The molecular weight excluding hydrogens is 368 g/mol. The third kappa shape index (κ3) is 4.98. The Bertz CT molecular complexity index is 872. The number of phenols is 1. The SMILES string of the molecule is COc1ccccc1N(CCC#N)C(=O)C[NH+]1CCN(c2ccccc2O)CC1. The lowest BCUT2D eigenvalue weighted by Crippen LogP contribution is -3.16. The fourth-order valence-corrected chi connectivity index (χ4v) is 3.68. The Labute approximate surface area is 171 Å². The van der Waals surface area contributed by atoms with Crippen molar-refractivity contribution in [1.82, 2.24) is 0 Å². The molecule has 0 aromatic heterocycles. The standard InChI is InChI=1S/C22H26N4O3/c1-29-21-10-5-3-8-19(21)26(12-6-11-23)22(28)17-24-13-15-25(16-14-24)18-7-2-4-9-20(18)27/h2-5,7-10,27H,6,12-17H2,1H3/p+1. The summed E-state index contributed by atoms with van der Waals surface area (Å²) in [6, 6.07) is 16.8. The van der Waals surface area contributed by atoms with Crippen molar-refractivity contribution in [2.45, 2.75) is 6.42 Å². The summed E-state index contributed by atoms with van der Waals surface area (Å²) >= 11 is 0. The Morgan fingerprint density at radius 1 is 1.21 bits per heavy atom. The summed E-state index contributed by atoms with van der Waals surface area (Å²) in [5.41, 5.74) is 1.53. The van der Waals surface area contributed by atoms with Crippen LogP contribution in [0.25, 0.3) is 0 Å². The van der Waals surface area contributed by atoms with E-state index in [0.29, 0.717) is 24.5 Å². The van der Waals surface area contributed by atoms with Gasteiger partial charge in [-0.2, -0.15) is 5.26 Å². The number of hydrogen-bond donors (Lipinski definition) is 2. The van der Waals surface area contributed by atoms with E-state index in [9.17, 15) is 9.90 Å². The number of anilines is 2. The average molecular weight is 395 g/mol. The molecule has 0 aliphatic carbocycles. The maximum atomic E-state index is 13.1. The van der Waals surface area contributed by atoms with Gasteiger partial charge in [-0.05, 0) is 24.3 Å². The van der Waals surface area contributed by atoms with Crippen molar-refractivity contribution >= 4 is 17.3 Å². The molecule has 2 N–H and O–H groups in total. The van der Waals surface area contributed by atoms with Gasteiger partial charge in [-0.1, -0.05) is 24.3 Å². The zero-order valence-electron chi connectivity index (χ0n) is 16.7. The highest BCUT2D eigenvalue weighted by Crippen LogP contribution is 2.28. The van der Waals surface area contributed by atoms with Gasteiger partial charge in [0.2, 0.25) is 0 Å². The first-order valence-corrected chi connectivity index (χ1v) is 9.81. The predicted octanol–water partition coefficient (Wildman–Crippen LogP) is 1.05. The zero-order chi connectivity index (χ0) is 20.6. The molecule has 1 amide bonds. The van der Waals surface area contributed by atoms with Crippen molar-refractivity contribution < 1.29 is 19.5 Å². The van der Waals surface area contributed by atoms with Crippen molar-refractivity contribution in [3.63, 3.8) is 0 Å². The largest absolute Gasteiger partial charge is 0.506 e. The first kappa shape index (κ1) is 20.5. The van der Waals surface area contributed by atoms with E-state index in [1.54, 1.807) is 18.1 Å². The number of ether oxygens (including phenoxy) is 1. The van der Waals surface area contributed by atoms with Crippen LogP contribution in [0.1, 0.15) is 6.42 Å². The number of carbonyl (C=O) groups excluding carboxylic acids is 1. The van der Waals surface area contributed by atoms with Gasteiger partial charge >= 0.3 is 0 Å². The monoisotopic (exact) mass is 395 g/mol. The molecule has 1 saturated heterocycles. The smallest absolute Gasteiger partial charge is 0.282 e. The van der Waals surface area contributed by atoms with Gasteiger partial charge in [0.05, 0.1) is 57.2 Å². The lowest BCUT2D eigenvalue weighted by Gasteiger charge is -2.34. The number of para-hydroxylation sites is 4. The Morgan fingerprint density at radius 2 is 1.90 bits per heavy atom. The number of quaternary nitrogens is 1. The maximum absolute atomic E-state index is 13.1. The number of phenolic OH excluding ortho intramolecular Hbond substituents is 1. The van der Waals surface area contributed by atoms with Crippen molar-refractivity contribution in [2.75, 3.05) is 56.2 Å². The molecule has 1 heterocycles. The van der Waals surface area contributed by atoms with Crippen LogP contribution in [0.15, 0.2) is 48.5 Å². The van der Waals surface area contributed by atoms with E-state index in [1.165, 1.54) is 4.90 Å². The number of methoxy groups -OCH3 is 1. The number of nitriles is 1. The number of nitrogens with zero attached hydrogens (tertiary/aromatic N) is 3. The second kappa shape index (κ2) is 9.80. The summed E-state index contributed by atoms with van der Waals surface area (Å²) in [6.45, 7) is 3.85. The molecule has 1 aliphatic heterocycles. The van der Waals surface area contributed by atoms with Crippen LogP contribution < -0.4 is 19.4 Å². The summed E-state index contributed by atoms with van der Waals surface area (Å²) in [7, 11) is 1.58. The van der Waals surface area contributed by atoms with Crippen molar-refractivity contribution in [2.24, 2.45) is 0 Å². The Kier molecular flexibility index (Phi) is 6.93. The number of carbonyl (C=O) groups is 1. The molecule has 0 bridgehead atoms. The minimum absolute atomic E-state index is 0.0178. The molecule has 3 rings (SSSR count). The molecule has 2 aromatic carbocycles. The summed E-state index contributed by atoms with van der Waals surface area (Å²) in [4.78, 5) is 18.1. The van der Waals surface area contributed by atoms with E-state index in [2.05, 4.69) is 11.0 Å². The van der Waals surface area contributed by atoms with Gasteiger partial charge in [0.15, 0.2) is 6.54 Å². The number of amides is 1. The summed E-state index contributed by atoms with van der Waals surface area (Å²) in [5.74, 6) is 0.889. The number of aromatic hydroxyl groups is 1. The van der Waals surface area contributed by atoms with E-state index < -0.39 is 0 Å². The van der Waals surface area contributed by atoms with Crippen LogP contribution in [0, 0.1) is 11.3 Å². The molecule has 0 saturated carbocycles.